The molecule has 2 saturated heterocycles. The molecule has 2 aromatic heterocycles. The zero-order valence-electron chi connectivity index (χ0n) is 16.0. The van der Waals surface area contributed by atoms with Crippen LogP contribution >= 0.6 is 0 Å². The molecule has 0 atom stereocenters. The Bertz CT molecular complexity index is 892. The molecule has 0 amide bonds. The number of aromatic nitrogens is 3. The Balaban J connectivity index is 1.79. The number of alkyl halides is 3. The van der Waals surface area contributed by atoms with Gasteiger partial charge >= 0.3 is 6.18 Å². The molecule has 156 valence electrons. The summed E-state index contributed by atoms with van der Waals surface area (Å²) in [7, 11) is 0. The fourth-order valence-electron chi connectivity index (χ4n) is 3.73. The summed E-state index contributed by atoms with van der Waals surface area (Å²) in [5, 5.41) is 9.76. The monoisotopic (exact) mass is 408 g/mol. The SMILES string of the molecule is CC1CN(c2cc(-c3cnc(N)cc3C(F)(F)F)nc(N3CCC(O)CC3)n2)C1. The number of hydrogen-bond acceptors (Lipinski definition) is 7. The zero-order valence-corrected chi connectivity index (χ0v) is 16.0. The number of nitrogens with two attached hydrogens (primary N) is 1. The van der Waals surface area contributed by atoms with Crippen LogP contribution in [0.4, 0.5) is 30.8 Å². The average Bonchev–Trinajstić information content (AvgIpc) is 2.65. The second-order valence-corrected chi connectivity index (χ2v) is 7.79. The number of piperidine rings is 1. The van der Waals surface area contributed by atoms with Crippen LogP contribution in [-0.4, -0.2) is 52.3 Å². The average molecular weight is 408 g/mol. The van der Waals surface area contributed by atoms with Gasteiger partial charge in [0.25, 0.3) is 0 Å². The maximum Gasteiger partial charge on any atom is 0.417 e. The van der Waals surface area contributed by atoms with E-state index in [1.807, 2.05) is 9.80 Å². The molecule has 4 heterocycles. The first kappa shape index (κ1) is 19.7. The number of rotatable bonds is 3. The second kappa shape index (κ2) is 7.33. The van der Waals surface area contributed by atoms with Crippen molar-refractivity contribution in [1.29, 1.82) is 0 Å². The lowest BCUT2D eigenvalue weighted by molar-refractivity contribution is -0.137. The molecule has 2 aliphatic heterocycles. The zero-order chi connectivity index (χ0) is 20.8. The van der Waals surface area contributed by atoms with Crippen molar-refractivity contribution in [2.75, 3.05) is 41.7 Å². The van der Waals surface area contributed by atoms with Crippen molar-refractivity contribution in [3.05, 3.63) is 23.9 Å². The summed E-state index contributed by atoms with van der Waals surface area (Å²) in [6.07, 6.45) is -2.70. The maximum atomic E-state index is 13.6. The molecule has 0 bridgehead atoms. The largest absolute Gasteiger partial charge is 0.417 e. The van der Waals surface area contributed by atoms with Gasteiger partial charge in [0.2, 0.25) is 5.95 Å². The summed E-state index contributed by atoms with van der Waals surface area (Å²) in [5.74, 6) is 1.27. The minimum atomic E-state index is -4.59. The number of nitrogen functional groups attached to an aromatic ring is 1. The van der Waals surface area contributed by atoms with Gasteiger partial charge in [-0.3, -0.25) is 0 Å². The van der Waals surface area contributed by atoms with Gasteiger partial charge in [-0.2, -0.15) is 18.2 Å². The van der Waals surface area contributed by atoms with Gasteiger partial charge in [-0.15, -0.1) is 0 Å². The van der Waals surface area contributed by atoms with Gasteiger partial charge in [-0.05, 0) is 24.8 Å². The molecule has 0 unspecified atom stereocenters. The Morgan fingerprint density at radius 3 is 2.41 bits per heavy atom. The summed E-state index contributed by atoms with van der Waals surface area (Å²) < 4.78 is 40.9. The van der Waals surface area contributed by atoms with Gasteiger partial charge in [0.15, 0.2) is 0 Å². The highest BCUT2D eigenvalue weighted by Gasteiger charge is 2.35. The summed E-state index contributed by atoms with van der Waals surface area (Å²) in [6, 6.07) is 2.41. The van der Waals surface area contributed by atoms with Crippen LogP contribution in [0.15, 0.2) is 18.3 Å². The summed E-state index contributed by atoms with van der Waals surface area (Å²) in [4.78, 5) is 16.8. The highest BCUT2D eigenvalue weighted by Crippen LogP contribution is 2.38. The quantitative estimate of drug-likeness (QED) is 0.807. The van der Waals surface area contributed by atoms with Crippen LogP contribution in [0.5, 0.6) is 0 Å². The smallest absolute Gasteiger partial charge is 0.393 e. The van der Waals surface area contributed by atoms with Gasteiger partial charge in [0.1, 0.15) is 11.6 Å². The van der Waals surface area contributed by atoms with E-state index in [9.17, 15) is 18.3 Å². The number of nitrogens with zero attached hydrogens (tertiary/aromatic N) is 5. The van der Waals surface area contributed by atoms with Gasteiger partial charge < -0.3 is 20.6 Å². The van der Waals surface area contributed by atoms with E-state index < -0.39 is 11.7 Å². The summed E-state index contributed by atoms with van der Waals surface area (Å²) in [5.41, 5.74) is 4.67. The molecule has 10 heteroatoms. The molecule has 0 radical (unpaired) electrons. The number of aliphatic hydroxyl groups excluding tert-OH is 1. The molecule has 0 aromatic carbocycles. The van der Waals surface area contributed by atoms with Crippen LogP contribution in [0.3, 0.4) is 0 Å². The minimum Gasteiger partial charge on any atom is -0.393 e. The van der Waals surface area contributed by atoms with E-state index in [0.717, 1.165) is 25.4 Å². The summed E-state index contributed by atoms with van der Waals surface area (Å²) >= 11 is 0. The molecule has 4 rings (SSSR count). The molecule has 2 aliphatic rings. The predicted molar refractivity (Wildman–Crippen MR) is 104 cm³/mol. The lowest BCUT2D eigenvalue weighted by Crippen LogP contribution is -2.46. The van der Waals surface area contributed by atoms with Crippen molar-refractivity contribution in [3.63, 3.8) is 0 Å². The van der Waals surface area contributed by atoms with Crippen molar-refractivity contribution in [2.45, 2.75) is 32.0 Å². The van der Waals surface area contributed by atoms with Crippen molar-refractivity contribution in [2.24, 2.45) is 5.92 Å². The minimum absolute atomic E-state index is 0.123. The number of pyridine rings is 1. The van der Waals surface area contributed by atoms with Crippen LogP contribution in [-0.2, 0) is 6.18 Å². The Hall–Kier alpha value is -2.62. The molecule has 29 heavy (non-hydrogen) atoms. The number of halogens is 3. The van der Waals surface area contributed by atoms with Crippen LogP contribution in [0, 0.1) is 5.92 Å². The third-order valence-corrected chi connectivity index (χ3v) is 5.34. The second-order valence-electron chi connectivity index (χ2n) is 7.79. The first-order chi connectivity index (χ1) is 13.7. The van der Waals surface area contributed by atoms with Crippen LogP contribution in [0.1, 0.15) is 25.3 Å². The van der Waals surface area contributed by atoms with E-state index >= 15 is 0 Å². The predicted octanol–water partition coefficient (Wildman–Crippen LogP) is 2.56. The van der Waals surface area contributed by atoms with Crippen molar-refractivity contribution >= 4 is 17.6 Å². The van der Waals surface area contributed by atoms with Crippen molar-refractivity contribution in [3.8, 4) is 11.3 Å². The van der Waals surface area contributed by atoms with Gasteiger partial charge in [-0.1, -0.05) is 6.92 Å². The lowest BCUT2D eigenvalue weighted by Gasteiger charge is -2.39. The highest BCUT2D eigenvalue weighted by atomic mass is 19.4. The van der Waals surface area contributed by atoms with Crippen LogP contribution in [0.25, 0.3) is 11.3 Å². The maximum absolute atomic E-state index is 13.6. The number of aliphatic hydroxyl groups is 1. The van der Waals surface area contributed by atoms with Gasteiger partial charge in [0, 0.05) is 44.0 Å². The van der Waals surface area contributed by atoms with Crippen LogP contribution < -0.4 is 15.5 Å². The standard InChI is InChI=1S/C19H23F3N6O/c1-11-9-28(10-11)17-7-15(13-8-24-16(23)6-14(13)19(20,21)22)25-18(26-17)27-4-2-12(29)3-5-27/h6-8,11-12,29H,2-5,9-10H2,1H3,(H2,23,24). The fraction of sp³-hybridized carbons (Fsp3) is 0.526. The Kier molecular flexibility index (Phi) is 4.97. The third-order valence-electron chi connectivity index (χ3n) is 5.34. The molecule has 0 saturated carbocycles. The van der Waals surface area contributed by atoms with E-state index in [1.165, 1.54) is 0 Å². The van der Waals surface area contributed by atoms with Gasteiger partial charge in [0.05, 0.1) is 17.4 Å². The van der Waals surface area contributed by atoms with E-state index in [-0.39, 0.29) is 23.2 Å². The molecular formula is C19H23F3N6O. The Labute approximate surface area is 166 Å². The lowest BCUT2D eigenvalue weighted by atomic mass is 10.0. The van der Waals surface area contributed by atoms with Crippen LogP contribution in [0.2, 0.25) is 0 Å². The third kappa shape index (κ3) is 4.07. The molecule has 2 aromatic rings. The van der Waals surface area contributed by atoms with E-state index in [2.05, 4.69) is 21.9 Å². The fourth-order valence-corrected chi connectivity index (χ4v) is 3.73. The topological polar surface area (TPSA) is 91.4 Å². The van der Waals surface area contributed by atoms with Crippen molar-refractivity contribution < 1.29 is 18.3 Å². The Morgan fingerprint density at radius 1 is 1.10 bits per heavy atom. The Morgan fingerprint density at radius 2 is 1.79 bits per heavy atom. The molecule has 0 spiro atoms. The molecule has 2 fully saturated rings. The van der Waals surface area contributed by atoms with E-state index in [4.69, 9.17) is 5.73 Å². The first-order valence-corrected chi connectivity index (χ1v) is 9.61. The normalized spacial score (nSPS) is 18.8. The highest BCUT2D eigenvalue weighted by molar-refractivity contribution is 5.69. The molecule has 3 N–H and O–H groups in total. The van der Waals surface area contributed by atoms with E-state index in [1.54, 1.807) is 6.07 Å². The molecular weight excluding hydrogens is 385 g/mol. The summed E-state index contributed by atoms with van der Waals surface area (Å²) in [6.45, 7) is 4.79. The first-order valence-electron chi connectivity index (χ1n) is 9.61. The van der Waals surface area contributed by atoms with E-state index in [0.29, 0.717) is 43.6 Å². The number of hydrogen-bond donors (Lipinski definition) is 2. The van der Waals surface area contributed by atoms with Crippen molar-refractivity contribution in [1.82, 2.24) is 15.0 Å². The number of anilines is 3. The van der Waals surface area contributed by atoms with Gasteiger partial charge in [-0.25, -0.2) is 9.97 Å². The molecule has 0 aliphatic carbocycles. The molecule has 7 nitrogen and oxygen atoms in total.